The number of hydrogen-bond donors (Lipinski definition) is 1. The van der Waals surface area contributed by atoms with E-state index in [-0.39, 0.29) is 0 Å². The van der Waals surface area contributed by atoms with Crippen LogP contribution >= 0.6 is 11.6 Å². The lowest BCUT2D eigenvalue weighted by atomic mass is 10.0. The van der Waals surface area contributed by atoms with Crippen molar-refractivity contribution in [2.75, 3.05) is 31.7 Å². The molecule has 0 aliphatic carbocycles. The zero-order valence-electron chi connectivity index (χ0n) is 15.4. The molecule has 2 aromatic rings. The largest absolute Gasteiger partial charge is 0.491 e. The molecule has 0 saturated heterocycles. The van der Waals surface area contributed by atoms with Gasteiger partial charge in [-0.05, 0) is 56.9 Å². The van der Waals surface area contributed by atoms with E-state index in [4.69, 9.17) is 21.1 Å². The van der Waals surface area contributed by atoms with Gasteiger partial charge in [0, 0.05) is 6.61 Å². The molecule has 1 aromatic carbocycles. The quantitative estimate of drug-likeness (QED) is 0.679. The highest BCUT2D eigenvalue weighted by Crippen LogP contribution is 2.25. The number of anilines is 1. The van der Waals surface area contributed by atoms with E-state index >= 15 is 0 Å². The Labute approximate surface area is 154 Å². The lowest BCUT2D eigenvalue weighted by molar-refractivity contribution is 0.151. The van der Waals surface area contributed by atoms with E-state index < -0.39 is 0 Å². The van der Waals surface area contributed by atoms with Gasteiger partial charge in [-0.15, -0.1) is 0 Å². The van der Waals surface area contributed by atoms with Crippen LogP contribution in [-0.4, -0.2) is 36.3 Å². The molecular weight excluding hydrogens is 338 g/mol. The fourth-order valence-corrected chi connectivity index (χ4v) is 2.68. The summed E-state index contributed by atoms with van der Waals surface area (Å²) in [5.74, 6) is 1.54. The van der Waals surface area contributed by atoms with Gasteiger partial charge in [0.1, 0.15) is 29.5 Å². The molecule has 136 valence electrons. The molecule has 0 fully saturated rings. The van der Waals surface area contributed by atoms with Crippen LogP contribution in [0.25, 0.3) is 0 Å². The third kappa shape index (κ3) is 5.31. The molecule has 6 heteroatoms. The molecule has 1 N–H and O–H groups in total. The smallest absolute Gasteiger partial charge is 0.148 e. The number of nitrogens with zero attached hydrogens (tertiary/aromatic N) is 2. The van der Waals surface area contributed by atoms with Crippen molar-refractivity contribution in [1.82, 2.24) is 9.97 Å². The highest BCUT2D eigenvalue weighted by Gasteiger charge is 2.08. The Morgan fingerprint density at radius 3 is 2.64 bits per heavy atom. The summed E-state index contributed by atoms with van der Waals surface area (Å²) in [6.07, 6.45) is 2.42. The van der Waals surface area contributed by atoms with Crippen LogP contribution in [0, 0.1) is 20.8 Å². The summed E-state index contributed by atoms with van der Waals surface area (Å²) in [7, 11) is 0. The van der Waals surface area contributed by atoms with Gasteiger partial charge >= 0.3 is 0 Å². The van der Waals surface area contributed by atoms with Crippen molar-refractivity contribution in [3.63, 3.8) is 0 Å². The number of hydrogen-bond acceptors (Lipinski definition) is 5. The fraction of sp³-hybridized carbons (Fsp3) is 0.474. The van der Waals surface area contributed by atoms with Crippen molar-refractivity contribution >= 4 is 17.4 Å². The van der Waals surface area contributed by atoms with E-state index in [0.717, 1.165) is 31.1 Å². The SMILES string of the molecule is CCOCCc1ccc(OCCNc2ncnc(C)c2Cl)c(C)c1C. The maximum atomic E-state index is 6.17. The number of ether oxygens (including phenoxy) is 2. The van der Waals surface area contributed by atoms with Crippen molar-refractivity contribution in [1.29, 1.82) is 0 Å². The normalized spacial score (nSPS) is 10.8. The molecule has 0 aliphatic heterocycles. The van der Waals surface area contributed by atoms with Crippen molar-refractivity contribution in [2.45, 2.75) is 34.1 Å². The number of nitrogens with one attached hydrogen (secondary N) is 1. The van der Waals surface area contributed by atoms with Gasteiger partial charge < -0.3 is 14.8 Å². The van der Waals surface area contributed by atoms with Gasteiger partial charge in [0.05, 0.1) is 18.8 Å². The van der Waals surface area contributed by atoms with Crippen molar-refractivity contribution in [3.8, 4) is 5.75 Å². The summed E-state index contributed by atoms with van der Waals surface area (Å²) in [6, 6.07) is 4.15. The summed E-state index contributed by atoms with van der Waals surface area (Å²) >= 11 is 6.17. The first-order chi connectivity index (χ1) is 12.0. The van der Waals surface area contributed by atoms with E-state index in [1.165, 1.54) is 23.0 Å². The molecule has 2 rings (SSSR count). The van der Waals surface area contributed by atoms with Gasteiger partial charge in [-0.3, -0.25) is 0 Å². The van der Waals surface area contributed by atoms with Gasteiger partial charge in [-0.2, -0.15) is 0 Å². The Morgan fingerprint density at radius 2 is 1.88 bits per heavy atom. The minimum absolute atomic E-state index is 0.526. The first-order valence-electron chi connectivity index (χ1n) is 8.55. The Morgan fingerprint density at radius 1 is 1.08 bits per heavy atom. The van der Waals surface area contributed by atoms with Gasteiger partial charge in [0.25, 0.3) is 0 Å². The van der Waals surface area contributed by atoms with Gasteiger partial charge in [0.2, 0.25) is 0 Å². The molecule has 1 aromatic heterocycles. The van der Waals surface area contributed by atoms with Gasteiger partial charge in [0.15, 0.2) is 0 Å². The zero-order valence-corrected chi connectivity index (χ0v) is 16.1. The first kappa shape index (κ1) is 19.5. The number of benzene rings is 1. The van der Waals surface area contributed by atoms with E-state index in [0.29, 0.717) is 24.0 Å². The van der Waals surface area contributed by atoms with E-state index in [2.05, 4.69) is 35.2 Å². The minimum atomic E-state index is 0.526. The molecule has 0 amide bonds. The molecule has 0 aliphatic rings. The zero-order chi connectivity index (χ0) is 18.2. The Balaban J connectivity index is 1.88. The number of halogens is 1. The van der Waals surface area contributed by atoms with Crippen LogP contribution in [0.2, 0.25) is 5.02 Å². The molecule has 0 radical (unpaired) electrons. The van der Waals surface area contributed by atoms with Crippen molar-refractivity contribution in [2.24, 2.45) is 0 Å². The van der Waals surface area contributed by atoms with Crippen LogP contribution < -0.4 is 10.1 Å². The predicted octanol–water partition coefficient (Wildman–Crippen LogP) is 4.13. The Kier molecular flexibility index (Phi) is 7.47. The second-order valence-corrected chi connectivity index (χ2v) is 6.19. The molecule has 0 saturated carbocycles. The van der Waals surface area contributed by atoms with E-state index in [9.17, 15) is 0 Å². The maximum Gasteiger partial charge on any atom is 0.148 e. The summed E-state index contributed by atoms with van der Waals surface area (Å²) in [5, 5.41) is 3.73. The summed E-state index contributed by atoms with van der Waals surface area (Å²) in [5.41, 5.74) is 4.50. The van der Waals surface area contributed by atoms with E-state index in [1.54, 1.807) is 0 Å². The second-order valence-electron chi connectivity index (χ2n) is 5.82. The molecule has 1 heterocycles. The van der Waals surface area contributed by atoms with Crippen molar-refractivity contribution in [3.05, 3.63) is 45.9 Å². The van der Waals surface area contributed by atoms with Crippen LogP contribution in [0.4, 0.5) is 5.82 Å². The van der Waals surface area contributed by atoms with E-state index in [1.807, 2.05) is 19.9 Å². The Bertz CT molecular complexity index is 707. The summed E-state index contributed by atoms with van der Waals surface area (Å²) in [6.45, 7) is 10.7. The third-order valence-electron chi connectivity index (χ3n) is 4.19. The average Bonchev–Trinajstić information content (AvgIpc) is 2.60. The standard InChI is InChI=1S/C19H26ClN3O2/c1-5-24-10-8-16-6-7-17(14(3)13(16)2)25-11-9-21-19-18(20)15(4)22-12-23-19/h6-7,12H,5,8-11H2,1-4H3,(H,21,22,23). The molecule has 0 spiro atoms. The highest BCUT2D eigenvalue weighted by molar-refractivity contribution is 6.33. The van der Waals surface area contributed by atoms with Crippen LogP contribution in [0.1, 0.15) is 29.3 Å². The van der Waals surface area contributed by atoms with Crippen LogP contribution in [0.3, 0.4) is 0 Å². The third-order valence-corrected chi connectivity index (χ3v) is 4.64. The fourth-order valence-electron chi connectivity index (χ4n) is 2.52. The first-order valence-corrected chi connectivity index (χ1v) is 8.93. The topological polar surface area (TPSA) is 56.3 Å². The second kappa shape index (κ2) is 9.59. The van der Waals surface area contributed by atoms with Crippen LogP contribution in [0.5, 0.6) is 5.75 Å². The molecule has 0 bridgehead atoms. The number of aromatic nitrogens is 2. The molecule has 5 nitrogen and oxygen atoms in total. The van der Waals surface area contributed by atoms with Crippen molar-refractivity contribution < 1.29 is 9.47 Å². The van der Waals surface area contributed by atoms with Crippen LogP contribution in [-0.2, 0) is 11.2 Å². The molecule has 0 unspecified atom stereocenters. The highest BCUT2D eigenvalue weighted by atomic mass is 35.5. The van der Waals surface area contributed by atoms with Gasteiger partial charge in [-0.25, -0.2) is 9.97 Å². The lowest BCUT2D eigenvalue weighted by Gasteiger charge is -2.15. The monoisotopic (exact) mass is 363 g/mol. The number of rotatable bonds is 9. The molecule has 25 heavy (non-hydrogen) atoms. The van der Waals surface area contributed by atoms with Crippen LogP contribution in [0.15, 0.2) is 18.5 Å². The molecule has 0 atom stereocenters. The maximum absolute atomic E-state index is 6.17. The predicted molar refractivity (Wildman–Crippen MR) is 102 cm³/mol. The van der Waals surface area contributed by atoms with Gasteiger partial charge in [-0.1, -0.05) is 17.7 Å². The number of aryl methyl sites for hydroxylation is 1. The Hall–Kier alpha value is -1.85. The molecular formula is C19H26ClN3O2. The summed E-state index contributed by atoms with van der Waals surface area (Å²) in [4.78, 5) is 8.19. The average molecular weight is 364 g/mol. The minimum Gasteiger partial charge on any atom is -0.491 e. The lowest BCUT2D eigenvalue weighted by Crippen LogP contribution is -2.14. The summed E-state index contributed by atoms with van der Waals surface area (Å²) < 4.78 is 11.4.